The summed E-state index contributed by atoms with van der Waals surface area (Å²) < 4.78 is 0. The molecule has 32 heavy (non-hydrogen) atoms. The molecule has 6 nitrogen and oxygen atoms in total. The van der Waals surface area contributed by atoms with Gasteiger partial charge in [-0.15, -0.1) is 0 Å². The van der Waals surface area contributed by atoms with Gasteiger partial charge in [0.1, 0.15) is 11.5 Å². The molecule has 0 spiro atoms. The molecule has 1 amide bonds. The van der Waals surface area contributed by atoms with Crippen LogP contribution in [-0.2, 0) is 0 Å². The van der Waals surface area contributed by atoms with Crippen LogP contribution in [0.2, 0.25) is 0 Å². The third-order valence-corrected chi connectivity index (χ3v) is 6.07. The highest BCUT2D eigenvalue weighted by Crippen LogP contribution is 2.26. The minimum absolute atomic E-state index is 0.0776. The summed E-state index contributed by atoms with van der Waals surface area (Å²) in [6, 6.07) is 15.7. The first-order valence-electron chi connectivity index (χ1n) is 11.1. The van der Waals surface area contributed by atoms with Crippen LogP contribution in [0.3, 0.4) is 0 Å². The van der Waals surface area contributed by atoms with Crippen molar-refractivity contribution in [2.45, 2.75) is 33.2 Å². The van der Waals surface area contributed by atoms with E-state index in [2.05, 4.69) is 30.7 Å². The molecule has 1 fully saturated rings. The van der Waals surface area contributed by atoms with Gasteiger partial charge >= 0.3 is 0 Å². The maximum atomic E-state index is 13.0. The van der Waals surface area contributed by atoms with Crippen LogP contribution >= 0.6 is 0 Å². The lowest BCUT2D eigenvalue weighted by Crippen LogP contribution is -2.54. The zero-order chi connectivity index (χ0) is 22.9. The van der Waals surface area contributed by atoms with Crippen LogP contribution in [0.4, 0.5) is 5.82 Å². The molecule has 1 saturated heterocycles. The van der Waals surface area contributed by atoms with Gasteiger partial charge in [-0.1, -0.05) is 42.0 Å². The summed E-state index contributed by atoms with van der Waals surface area (Å²) in [6.45, 7) is 12.0. The number of carbonyl (C=O) groups excluding carboxylic acids is 1. The van der Waals surface area contributed by atoms with Crippen LogP contribution in [0.25, 0.3) is 22.5 Å². The molecule has 0 bridgehead atoms. The minimum Gasteiger partial charge on any atom is -0.382 e. The lowest BCUT2D eigenvalue weighted by molar-refractivity contribution is 0.0451. The Morgan fingerprint density at radius 2 is 1.50 bits per heavy atom. The molecule has 1 aromatic heterocycles. The van der Waals surface area contributed by atoms with Crippen LogP contribution < -0.4 is 5.73 Å². The molecular formula is C26H31N5O. The fourth-order valence-electron chi connectivity index (χ4n) is 4.01. The van der Waals surface area contributed by atoms with Crippen molar-refractivity contribution in [2.24, 2.45) is 0 Å². The van der Waals surface area contributed by atoms with Crippen LogP contribution in [0.15, 0.2) is 54.7 Å². The average Bonchev–Trinajstić information content (AvgIpc) is 2.79. The number of aryl methyl sites for hydroxylation is 1. The Bertz CT molecular complexity index is 1090. The largest absolute Gasteiger partial charge is 0.382 e. The molecule has 2 heterocycles. The van der Waals surface area contributed by atoms with Gasteiger partial charge in [-0.25, -0.2) is 9.97 Å². The molecule has 2 aromatic carbocycles. The number of benzene rings is 2. The second-order valence-corrected chi connectivity index (χ2v) is 9.38. The molecular weight excluding hydrogens is 398 g/mol. The Morgan fingerprint density at radius 1 is 0.906 bits per heavy atom. The van der Waals surface area contributed by atoms with E-state index in [9.17, 15) is 4.79 Å². The Labute approximate surface area is 190 Å². The number of aromatic nitrogens is 2. The second-order valence-electron chi connectivity index (χ2n) is 9.38. The van der Waals surface area contributed by atoms with Gasteiger partial charge in [0, 0.05) is 48.4 Å². The summed E-state index contributed by atoms with van der Waals surface area (Å²) in [5.74, 6) is 0.479. The predicted molar refractivity (Wildman–Crippen MR) is 129 cm³/mol. The molecule has 6 heteroatoms. The van der Waals surface area contributed by atoms with Gasteiger partial charge in [-0.2, -0.15) is 0 Å². The monoisotopic (exact) mass is 429 g/mol. The summed E-state index contributed by atoms with van der Waals surface area (Å²) >= 11 is 0. The van der Waals surface area contributed by atoms with E-state index >= 15 is 0 Å². The number of hydrogen-bond donors (Lipinski definition) is 1. The number of amides is 1. The molecule has 1 aliphatic rings. The van der Waals surface area contributed by atoms with E-state index in [1.54, 1.807) is 6.20 Å². The molecule has 0 aliphatic carbocycles. The molecule has 0 atom stereocenters. The van der Waals surface area contributed by atoms with Crippen molar-refractivity contribution in [3.63, 3.8) is 0 Å². The molecule has 166 valence electrons. The van der Waals surface area contributed by atoms with Gasteiger partial charge in [-0.05, 0) is 39.8 Å². The normalized spacial score (nSPS) is 15.1. The summed E-state index contributed by atoms with van der Waals surface area (Å²) in [4.78, 5) is 26.4. The van der Waals surface area contributed by atoms with Gasteiger partial charge in [-0.3, -0.25) is 9.69 Å². The Morgan fingerprint density at radius 3 is 2.09 bits per heavy atom. The second kappa shape index (κ2) is 8.71. The molecule has 4 rings (SSSR count). The van der Waals surface area contributed by atoms with Crippen molar-refractivity contribution < 1.29 is 4.79 Å². The number of nitrogen functional groups attached to an aromatic ring is 1. The van der Waals surface area contributed by atoms with Gasteiger partial charge in [0.25, 0.3) is 5.91 Å². The van der Waals surface area contributed by atoms with Crippen molar-refractivity contribution in [3.8, 4) is 22.5 Å². The maximum absolute atomic E-state index is 13.0. The summed E-state index contributed by atoms with van der Waals surface area (Å²) in [5, 5.41) is 0. The Hall–Kier alpha value is -3.25. The molecule has 0 unspecified atom stereocenters. The smallest absolute Gasteiger partial charge is 0.253 e. The highest BCUT2D eigenvalue weighted by Gasteiger charge is 2.28. The van der Waals surface area contributed by atoms with Gasteiger partial charge in [0.05, 0.1) is 11.9 Å². The van der Waals surface area contributed by atoms with E-state index in [1.165, 1.54) is 5.56 Å². The molecule has 3 aromatic rings. The number of nitrogens with zero attached hydrogens (tertiary/aromatic N) is 4. The number of hydrogen-bond acceptors (Lipinski definition) is 5. The van der Waals surface area contributed by atoms with E-state index in [0.717, 1.165) is 43.0 Å². The quantitative estimate of drug-likeness (QED) is 0.673. The third kappa shape index (κ3) is 4.65. The zero-order valence-electron chi connectivity index (χ0n) is 19.3. The van der Waals surface area contributed by atoms with E-state index in [-0.39, 0.29) is 11.4 Å². The summed E-state index contributed by atoms with van der Waals surface area (Å²) in [5.41, 5.74) is 11.3. The first kappa shape index (κ1) is 22.0. The lowest BCUT2D eigenvalue weighted by Gasteiger charge is -2.42. The summed E-state index contributed by atoms with van der Waals surface area (Å²) in [7, 11) is 0. The SMILES string of the molecule is Cc1ccc(-c2nc(-c3ccc(C(=O)N4CCN(C(C)(C)C)CC4)cc3)cnc2N)cc1. The van der Waals surface area contributed by atoms with Crippen molar-refractivity contribution >= 4 is 11.7 Å². The highest BCUT2D eigenvalue weighted by atomic mass is 16.2. The third-order valence-electron chi connectivity index (χ3n) is 6.07. The van der Waals surface area contributed by atoms with Crippen molar-refractivity contribution in [2.75, 3.05) is 31.9 Å². The van der Waals surface area contributed by atoms with Crippen molar-refractivity contribution in [1.82, 2.24) is 19.8 Å². The fourth-order valence-corrected chi connectivity index (χ4v) is 4.01. The van der Waals surface area contributed by atoms with Gasteiger partial charge in [0.15, 0.2) is 0 Å². The Kier molecular flexibility index (Phi) is 5.98. The predicted octanol–water partition coefficient (Wildman–Crippen LogP) is 4.26. The molecule has 1 aliphatic heterocycles. The first-order chi connectivity index (χ1) is 15.2. The van der Waals surface area contributed by atoms with E-state index in [4.69, 9.17) is 10.7 Å². The van der Waals surface area contributed by atoms with Crippen LogP contribution in [-0.4, -0.2) is 57.4 Å². The summed E-state index contributed by atoms with van der Waals surface area (Å²) in [6.07, 6.45) is 1.68. The average molecular weight is 430 g/mol. The molecule has 2 N–H and O–H groups in total. The van der Waals surface area contributed by atoms with Crippen molar-refractivity contribution in [3.05, 3.63) is 65.9 Å². The van der Waals surface area contributed by atoms with Crippen LogP contribution in [0.1, 0.15) is 36.7 Å². The molecule has 0 saturated carbocycles. The fraction of sp³-hybridized carbons (Fsp3) is 0.346. The van der Waals surface area contributed by atoms with E-state index in [1.807, 2.05) is 60.4 Å². The van der Waals surface area contributed by atoms with Gasteiger partial charge in [0.2, 0.25) is 0 Å². The standard InChI is InChI=1S/C26H31N5O/c1-18-5-7-20(8-6-18)23-24(27)28-17-22(29-23)19-9-11-21(12-10-19)25(32)30-13-15-31(16-14-30)26(2,3)4/h5-12,17H,13-16H2,1-4H3,(H2,27,28). The topological polar surface area (TPSA) is 75.4 Å². The van der Waals surface area contributed by atoms with E-state index < -0.39 is 0 Å². The number of carbonyl (C=O) groups is 1. The first-order valence-corrected chi connectivity index (χ1v) is 11.1. The zero-order valence-corrected chi connectivity index (χ0v) is 19.3. The minimum atomic E-state index is 0.0776. The maximum Gasteiger partial charge on any atom is 0.253 e. The highest BCUT2D eigenvalue weighted by molar-refractivity contribution is 5.94. The van der Waals surface area contributed by atoms with Crippen LogP contribution in [0.5, 0.6) is 0 Å². The number of nitrogens with two attached hydrogens (primary N) is 1. The molecule has 0 radical (unpaired) electrons. The van der Waals surface area contributed by atoms with Gasteiger partial charge < -0.3 is 10.6 Å². The Balaban J connectivity index is 1.50. The lowest BCUT2D eigenvalue weighted by atomic mass is 10.0. The number of anilines is 1. The van der Waals surface area contributed by atoms with E-state index in [0.29, 0.717) is 17.1 Å². The number of piperazine rings is 1. The number of rotatable bonds is 3. The van der Waals surface area contributed by atoms with Crippen LogP contribution in [0, 0.1) is 6.92 Å². The van der Waals surface area contributed by atoms with Crippen molar-refractivity contribution in [1.29, 1.82) is 0 Å².